The number of ether oxygens (including phenoxy) is 1. The van der Waals surface area contributed by atoms with E-state index in [1.165, 1.54) is 17.0 Å². The minimum atomic E-state index is -3.56. The van der Waals surface area contributed by atoms with E-state index in [0.717, 1.165) is 24.8 Å². The number of hydrogen-bond acceptors (Lipinski definition) is 4. The predicted molar refractivity (Wildman–Crippen MR) is 79.3 cm³/mol. The summed E-state index contributed by atoms with van der Waals surface area (Å²) >= 11 is 0. The van der Waals surface area contributed by atoms with Crippen LogP contribution in [0, 0.1) is 11.3 Å². The van der Waals surface area contributed by atoms with E-state index in [-0.39, 0.29) is 19.5 Å². The standard InChI is InChI=1S/C15H20N2O3S/c1-20-11-10-17(9-3-8-16)21(18,19)15-7-6-13-4-2-5-14(13)12-15/h6-7,12H,2-5,9-11H2,1H3. The summed E-state index contributed by atoms with van der Waals surface area (Å²) in [4.78, 5) is 0.317. The van der Waals surface area contributed by atoms with E-state index in [1.807, 2.05) is 12.1 Å². The number of hydrogen-bond donors (Lipinski definition) is 0. The van der Waals surface area contributed by atoms with Gasteiger partial charge in [-0.1, -0.05) is 6.07 Å². The van der Waals surface area contributed by atoms with Gasteiger partial charge in [0.2, 0.25) is 10.0 Å². The fraction of sp³-hybridized carbons (Fsp3) is 0.533. The minimum Gasteiger partial charge on any atom is -0.383 e. The number of fused-ring (bicyclic) bond motifs is 1. The number of aryl methyl sites for hydroxylation is 2. The molecule has 0 unspecified atom stereocenters. The monoisotopic (exact) mass is 308 g/mol. The first-order valence-electron chi connectivity index (χ1n) is 7.07. The molecule has 1 aromatic carbocycles. The van der Waals surface area contributed by atoms with Crippen LogP contribution in [0.4, 0.5) is 0 Å². The Balaban J connectivity index is 2.26. The van der Waals surface area contributed by atoms with Crippen LogP contribution >= 0.6 is 0 Å². The van der Waals surface area contributed by atoms with Gasteiger partial charge in [0, 0.05) is 26.6 Å². The molecule has 0 fully saturated rings. The molecule has 6 heteroatoms. The van der Waals surface area contributed by atoms with Gasteiger partial charge in [-0.05, 0) is 42.5 Å². The molecule has 2 rings (SSSR count). The number of sulfonamides is 1. The second kappa shape index (κ2) is 7.03. The summed E-state index contributed by atoms with van der Waals surface area (Å²) in [5, 5.41) is 8.70. The Morgan fingerprint density at radius 2 is 2.05 bits per heavy atom. The van der Waals surface area contributed by atoms with E-state index in [0.29, 0.717) is 11.5 Å². The van der Waals surface area contributed by atoms with Gasteiger partial charge < -0.3 is 4.74 Å². The van der Waals surface area contributed by atoms with Crippen LogP contribution in [0.2, 0.25) is 0 Å². The average Bonchev–Trinajstić information content (AvgIpc) is 2.94. The van der Waals surface area contributed by atoms with Crippen molar-refractivity contribution in [2.24, 2.45) is 0 Å². The van der Waals surface area contributed by atoms with Gasteiger partial charge in [-0.25, -0.2) is 8.42 Å². The highest BCUT2D eigenvalue weighted by Crippen LogP contribution is 2.26. The second-order valence-electron chi connectivity index (χ2n) is 5.09. The SMILES string of the molecule is COCCN(CCC#N)S(=O)(=O)c1ccc2c(c1)CCC2. The molecule has 0 saturated heterocycles. The predicted octanol–water partition coefficient (Wildman–Crippen LogP) is 1.73. The van der Waals surface area contributed by atoms with Crippen molar-refractivity contribution in [2.75, 3.05) is 26.8 Å². The van der Waals surface area contributed by atoms with Gasteiger partial charge in [-0.15, -0.1) is 0 Å². The van der Waals surface area contributed by atoms with Crippen molar-refractivity contribution >= 4 is 10.0 Å². The van der Waals surface area contributed by atoms with Crippen LogP contribution in [0.5, 0.6) is 0 Å². The summed E-state index contributed by atoms with van der Waals surface area (Å²) in [6.45, 7) is 0.770. The topological polar surface area (TPSA) is 70.4 Å². The molecule has 0 aromatic heterocycles. The van der Waals surface area contributed by atoms with E-state index < -0.39 is 10.0 Å². The molecule has 1 aliphatic carbocycles. The van der Waals surface area contributed by atoms with Crippen LogP contribution in [0.3, 0.4) is 0 Å². The number of benzene rings is 1. The van der Waals surface area contributed by atoms with Gasteiger partial charge in [0.25, 0.3) is 0 Å². The second-order valence-corrected chi connectivity index (χ2v) is 7.03. The van der Waals surface area contributed by atoms with Crippen molar-refractivity contribution in [1.82, 2.24) is 4.31 Å². The Kier molecular flexibility index (Phi) is 5.34. The third-order valence-electron chi connectivity index (χ3n) is 3.73. The summed E-state index contributed by atoms with van der Waals surface area (Å²) < 4.78 is 31.7. The Hall–Kier alpha value is -1.42. The summed E-state index contributed by atoms with van der Waals surface area (Å²) in [6, 6.07) is 7.36. The molecule has 0 heterocycles. The lowest BCUT2D eigenvalue weighted by Crippen LogP contribution is -2.34. The molecule has 114 valence electrons. The number of nitrogens with zero attached hydrogens (tertiary/aromatic N) is 2. The quantitative estimate of drug-likeness (QED) is 0.769. The highest BCUT2D eigenvalue weighted by Gasteiger charge is 2.25. The van der Waals surface area contributed by atoms with Crippen LogP contribution in [0.1, 0.15) is 24.0 Å². The smallest absolute Gasteiger partial charge is 0.243 e. The number of rotatable bonds is 7. The third-order valence-corrected chi connectivity index (χ3v) is 5.62. The van der Waals surface area contributed by atoms with Crippen LogP contribution in [0.15, 0.2) is 23.1 Å². The average molecular weight is 308 g/mol. The molecule has 0 atom stereocenters. The molecule has 0 bridgehead atoms. The first-order valence-corrected chi connectivity index (χ1v) is 8.51. The van der Waals surface area contributed by atoms with Crippen LogP contribution in [-0.2, 0) is 27.6 Å². The zero-order valence-corrected chi connectivity index (χ0v) is 13.0. The minimum absolute atomic E-state index is 0.174. The van der Waals surface area contributed by atoms with Crippen molar-refractivity contribution in [3.8, 4) is 6.07 Å². The van der Waals surface area contributed by atoms with E-state index in [1.54, 1.807) is 12.1 Å². The largest absolute Gasteiger partial charge is 0.383 e. The molecule has 0 saturated carbocycles. The van der Waals surface area contributed by atoms with E-state index in [9.17, 15) is 8.42 Å². The van der Waals surface area contributed by atoms with Crippen molar-refractivity contribution in [2.45, 2.75) is 30.6 Å². The van der Waals surface area contributed by atoms with Crippen molar-refractivity contribution in [1.29, 1.82) is 5.26 Å². The molecule has 0 N–H and O–H groups in total. The lowest BCUT2D eigenvalue weighted by molar-refractivity contribution is 0.179. The van der Waals surface area contributed by atoms with Gasteiger partial charge in [0.05, 0.1) is 17.6 Å². The van der Waals surface area contributed by atoms with Gasteiger partial charge >= 0.3 is 0 Å². The maximum Gasteiger partial charge on any atom is 0.243 e. The number of methoxy groups -OCH3 is 1. The Morgan fingerprint density at radius 1 is 1.29 bits per heavy atom. The third kappa shape index (κ3) is 3.62. The highest BCUT2D eigenvalue weighted by molar-refractivity contribution is 7.89. The lowest BCUT2D eigenvalue weighted by Gasteiger charge is -2.21. The van der Waals surface area contributed by atoms with Crippen LogP contribution < -0.4 is 0 Å². The molecule has 0 radical (unpaired) electrons. The first kappa shape index (κ1) is 16.0. The summed E-state index contributed by atoms with van der Waals surface area (Å²) in [7, 11) is -2.03. The molecule has 1 aliphatic rings. The number of nitriles is 1. The van der Waals surface area contributed by atoms with E-state index >= 15 is 0 Å². The maximum absolute atomic E-state index is 12.7. The molecular weight excluding hydrogens is 288 g/mol. The molecular formula is C15H20N2O3S. The summed E-state index contributed by atoms with van der Waals surface area (Å²) in [5.41, 5.74) is 2.37. The Bertz CT molecular complexity index is 635. The summed E-state index contributed by atoms with van der Waals surface area (Å²) in [6.07, 6.45) is 3.22. The van der Waals surface area contributed by atoms with Gasteiger partial charge in [0.15, 0.2) is 0 Å². The summed E-state index contributed by atoms with van der Waals surface area (Å²) in [5.74, 6) is 0. The molecule has 0 aliphatic heterocycles. The fourth-order valence-corrected chi connectivity index (χ4v) is 4.05. The van der Waals surface area contributed by atoms with Gasteiger partial charge in [-0.3, -0.25) is 0 Å². The normalized spacial score (nSPS) is 14.1. The van der Waals surface area contributed by atoms with Gasteiger partial charge in [-0.2, -0.15) is 9.57 Å². The highest BCUT2D eigenvalue weighted by atomic mass is 32.2. The molecule has 21 heavy (non-hydrogen) atoms. The zero-order chi connectivity index (χ0) is 15.3. The van der Waals surface area contributed by atoms with E-state index in [4.69, 9.17) is 10.00 Å². The van der Waals surface area contributed by atoms with Gasteiger partial charge in [0.1, 0.15) is 0 Å². The van der Waals surface area contributed by atoms with Crippen molar-refractivity contribution in [3.05, 3.63) is 29.3 Å². The van der Waals surface area contributed by atoms with Crippen molar-refractivity contribution < 1.29 is 13.2 Å². The lowest BCUT2D eigenvalue weighted by atomic mass is 10.1. The van der Waals surface area contributed by atoms with Crippen LogP contribution in [-0.4, -0.2) is 39.5 Å². The zero-order valence-electron chi connectivity index (χ0n) is 12.2. The fourth-order valence-electron chi connectivity index (χ4n) is 2.58. The molecule has 1 aromatic rings. The molecule has 5 nitrogen and oxygen atoms in total. The maximum atomic E-state index is 12.7. The first-order chi connectivity index (χ1) is 10.1. The Morgan fingerprint density at radius 3 is 2.76 bits per heavy atom. The molecule has 0 spiro atoms. The molecule has 0 amide bonds. The van der Waals surface area contributed by atoms with Crippen LogP contribution in [0.25, 0.3) is 0 Å². The van der Waals surface area contributed by atoms with Crippen molar-refractivity contribution in [3.63, 3.8) is 0 Å². The van der Waals surface area contributed by atoms with E-state index in [2.05, 4.69) is 0 Å². The Labute approximate surface area is 126 Å².